The van der Waals surface area contributed by atoms with Gasteiger partial charge in [-0.15, -0.1) is 0 Å². The number of hydrogen-bond donors (Lipinski definition) is 2. The van der Waals surface area contributed by atoms with Crippen LogP contribution in [0.3, 0.4) is 0 Å². The number of nitrogens with one attached hydrogen (secondary N) is 2. The molecule has 2 N–H and O–H groups in total. The van der Waals surface area contributed by atoms with E-state index in [9.17, 15) is 13.2 Å². The van der Waals surface area contributed by atoms with Gasteiger partial charge in [0.15, 0.2) is 0 Å². The summed E-state index contributed by atoms with van der Waals surface area (Å²) < 4.78 is 37.7. The molecule has 23 heavy (non-hydrogen) atoms. The number of anilines is 2. The fraction of sp³-hybridized carbons (Fsp3) is 0.333. The van der Waals surface area contributed by atoms with E-state index in [4.69, 9.17) is 0 Å². The van der Waals surface area contributed by atoms with E-state index in [-0.39, 0.29) is 0 Å². The summed E-state index contributed by atoms with van der Waals surface area (Å²) in [5.74, 6) is 0.498. The Kier molecular flexibility index (Phi) is 4.57. The Morgan fingerprint density at radius 3 is 2.43 bits per heavy atom. The second-order valence-corrected chi connectivity index (χ2v) is 5.87. The van der Waals surface area contributed by atoms with E-state index in [2.05, 4.69) is 22.8 Å². The van der Waals surface area contributed by atoms with Crippen molar-refractivity contribution in [3.05, 3.63) is 59.7 Å². The van der Waals surface area contributed by atoms with Crippen molar-refractivity contribution in [2.24, 2.45) is 0 Å². The lowest BCUT2D eigenvalue weighted by Crippen LogP contribution is -2.28. The van der Waals surface area contributed by atoms with Crippen molar-refractivity contribution in [2.45, 2.75) is 24.9 Å². The Morgan fingerprint density at radius 2 is 1.78 bits per heavy atom. The van der Waals surface area contributed by atoms with Gasteiger partial charge in [-0.05, 0) is 67.3 Å². The van der Waals surface area contributed by atoms with Crippen molar-refractivity contribution in [1.82, 2.24) is 5.32 Å². The van der Waals surface area contributed by atoms with E-state index < -0.39 is 11.7 Å². The van der Waals surface area contributed by atoms with Crippen molar-refractivity contribution in [2.75, 3.05) is 18.4 Å². The Balaban J connectivity index is 1.72. The Labute approximate surface area is 133 Å². The van der Waals surface area contributed by atoms with E-state index in [1.54, 1.807) is 0 Å². The lowest BCUT2D eigenvalue weighted by molar-refractivity contribution is -0.137. The Morgan fingerprint density at radius 1 is 1.00 bits per heavy atom. The maximum absolute atomic E-state index is 12.6. The molecule has 2 aromatic rings. The van der Waals surface area contributed by atoms with Gasteiger partial charge in [0, 0.05) is 17.9 Å². The first-order chi connectivity index (χ1) is 11.0. The SMILES string of the molecule is FC(F)(F)c1ccc(Nc2cccc([C@H]3CCCNC3)c2)cc1. The lowest BCUT2D eigenvalue weighted by atomic mass is 9.91. The van der Waals surface area contributed by atoms with Crippen LogP contribution in [-0.4, -0.2) is 13.1 Å². The number of hydrogen-bond acceptors (Lipinski definition) is 2. The molecule has 2 nitrogen and oxygen atoms in total. The molecule has 1 saturated heterocycles. The molecule has 122 valence electrons. The van der Waals surface area contributed by atoms with Gasteiger partial charge in [0.25, 0.3) is 0 Å². The summed E-state index contributed by atoms with van der Waals surface area (Å²) in [6.07, 6.45) is -1.97. The van der Waals surface area contributed by atoms with Gasteiger partial charge < -0.3 is 10.6 Å². The number of benzene rings is 2. The van der Waals surface area contributed by atoms with Crippen molar-refractivity contribution in [1.29, 1.82) is 0 Å². The summed E-state index contributed by atoms with van der Waals surface area (Å²) in [5.41, 5.74) is 2.17. The minimum Gasteiger partial charge on any atom is -0.356 e. The van der Waals surface area contributed by atoms with E-state index in [1.165, 1.54) is 24.1 Å². The molecule has 0 radical (unpaired) electrons. The summed E-state index contributed by atoms with van der Waals surface area (Å²) >= 11 is 0. The van der Waals surface area contributed by atoms with E-state index in [0.717, 1.165) is 37.3 Å². The predicted molar refractivity (Wildman–Crippen MR) is 86.0 cm³/mol. The normalized spacial score (nSPS) is 18.7. The van der Waals surface area contributed by atoms with E-state index in [0.29, 0.717) is 11.6 Å². The molecule has 2 aromatic carbocycles. The minimum absolute atomic E-state index is 0.498. The van der Waals surface area contributed by atoms with Gasteiger partial charge in [-0.3, -0.25) is 0 Å². The molecule has 1 fully saturated rings. The second kappa shape index (κ2) is 6.62. The minimum atomic E-state index is -4.30. The Bertz CT molecular complexity index is 644. The fourth-order valence-corrected chi connectivity index (χ4v) is 2.92. The first-order valence-electron chi connectivity index (χ1n) is 7.77. The number of halogens is 3. The molecule has 0 saturated carbocycles. The van der Waals surface area contributed by atoms with Crippen LogP contribution in [0.4, 0.5) is 24.5 Å². The second-order valence-electron chi connectivity index (χ2n) is 5.87. The summed E-state index contributed by atoms with van der Waals surface area (Å²) in [7, 11) is 0. The zero-order chi connectivity index (χ0) is 16.3. The highest BCUT2D eigenvalue weighted by Gasteiger charge is 2.29. The summed E-state index contributed by atoms with van der Waals surface area (Å²) in [6.45, 7) is 2.05. The van der Waals surface area contributed by atoms with Crippen LogP contribution in [0.1, 0.15) is 29.9 Å². The van der Waals surface area contributed by atoms with Gasteiger partial charge in [0.1, 0.15) is 0 Å². The standard InChI is InChI=1S/C18H19F3N2/c19-18(20,21)15-6-8-16(9-7-15)23-17-5-1-3-13(11-17)14-4-2-10-22-12-14/h1,3,5-9,11,14,22-23H,2,4,10,12H2/t14-/m0/s1. The number of rotatable bonds is 3. The van der Waals surface area contributed by atoms with Gasteiger partial charge in [-0.1, -0.05) is 12.1 Å². The number of piperidine rings is 1. The highest BCUT2D eigenvalue weighted by molar-refractivity contribution is 5.60. The molecule has 0 spiro atoms. The van der Waals surface area contributed by atoms with Gasteiger partial charge in [-0.2, -0.15) is 13.2 Å². The van der Waals surface area contributed by atoms with Crippen LogP contribution in [0, 0.1) is 0 Å². The smallest absolute Gasteiger partial charge is 0.356 e. The molecule has 0 aliphatic carbocycles. The van der Waals surface area contributed by atoms with Gasteiger partial charge in [0.05, 0.1) is 5.56 Å². The highest BCUT2D eigenvalue weighted by Crippen LogP contribution is 2.31. The summed E-state index contributed by atoms with van der Waals surface area (Å²) in [4.78, 5) is 0. The average molecular weight is 320 g/mol. The third kappa shape index (κ3) is 4.05. The van der Waals surface area contributed by atoms with Crippen LogP contribution in [0.2, 0.25) is 0 Å². The first kappa shape index (κ1) is 15.9. The third-order valence-corrected chi connectivity index (χ3v) is 4.16. The van der Waals surface area contributed by atoms with Crippen LogP contribution in [0.5, 0.6) is 0 Å². The highest BCUT2D eigenvalue weighted by atomic mass is 19.4. The lowest BCUT2D eigenvalue weighted by Gasteiger charge is -2.23. The number of alkyl halides is 3. The van der Waals surface area contributed by atoms with Crippen LogP contribution in [0.25, 0.3) is 0 Å². The molecule has 1 heterocycles. The summed E-state index contributed by atoms with van der Waals surface area (Å²) in [5, 5.41) is 6.57. The first-order valence-corrected chi connectivity index (χ1v) is 7.77. The molecule has 0 amide bonds. The van der Waals surface area contributed by atoms with Crippen LogP contribution < -0.4 is 10.6 Å². The van der Waals surface area contributed by atoms with Crippen LogP contribution >= 0.6 is 0 Å². The zero-order valence-electron chi connectivity index (χ0n) is 12.7. The van der Waals surface area contributed by atoms with Crippen molar-refractivity contribution in [3.63, 3.8) is 0 Å². The third-order valence-electron chi connectivity index (χ3n) is 4.16. The van der Waals surface area contributed by atoms with Crippen molar-refractivity contribution < 1.29 is 13.2 Å². The largest absolute Gasteiger partial charge is 0.416 e. The summed E-state index contributed by atoms with van der Waals surface area (Å²) in [6, 6.07) is 13.2. The molecule has 5 heteroatoms. The van der Waals surface area contributed by atoms with Gasteiger partial charge >= 0.3 is 6.18 Å². The Hall–Kier alpha value is -2.01. The van der Waals surface area contributed by atoms with Crippen LogP contribution in [-0.2, 0) is 6.18 Å². The van der Waals surface area contributed by atoms with E-state index in [1.807, 2.05) is 12.1 Å². The molecule has 1 aliphatic heterocycles. The predicted octanol–water partition coefficient (Wildman–Crippen LogP) is 4.92. The van der Waals surface area contributed by atoms with E-state index >= 15 is 0 Å². The quantitative estimate of drug-likeness (QED) is 0.839. The molecular formula is C18H19F3N2. The molecule has 0 unspecified atom stereocenters. The topological polar surface area (TPSA) is 24.1 Å². The molecule has 1 atom stereocenters. The molecule has 3 rings (SSSR count). The van der Waals surface area contributed by atoms with Crippen LogP contribution in [0.15, 0.2) is 48.5 Å². The fourth-order valence-electron chi connectivity index (χ4n) is 2.92. The molecule has 0 aromatic heterocycles. The molecular weight excluding hydrogens is 301 g/mol. The van der Waals surface area contributed by atoms with Gasteiger partial charge in [-0.25, -0.2) is 0 Å². The van der Waals surface area contributed by atoms with Gasteiger partial charge in [0.2, 0.25) is 0 Å². The maximum Gasteiger partial charge on any atom is 0.416 e. The monoisotopic (exact) mass is 320 g/mol. The van der Waals surface area contributed by atoms with Crippen molar-refractivity contribution >= 4 is 11.4 Å². The van der Waals surface area contributed by atoms with Crippen molar-refractivity contribution in [3.8, 4) is 0 Å². The average Bonchev–Trinajstić information content (AvgIpc) is 2.56. The molecule has 0 bridgehead atoms. The molecule has 1 aliphatic rings. The maximum atomic E-state index is 12.6. The zero-order valence-corrected chi connectivity index (χ0v) is 12.7.